The molecule has 6 heteroatoms. The van der Waals surface area contributed by atoms with Crippen LogP contribution in [0, 0.1) is 0 Å². The van der Waals surface area contributed by atoms with Crippen molar-refractivity contribution in [1.29, 1.82) is 0 Å². The Bertz CT molecular complexity index is 366. The number of thiocarbonyl (C=S) groups is 1. The van der Waals surface area contributed by atoms with E-state index in [2.05, 4.69) is 0 Å². The summed E-state index contributed by atoms with van der Waals surface area (Å²) < 4.78 is 0. The van der Waals surface area contributed by atoms with Crippen molar-refractivity contribution >= 4 is 40.1 Å². The van der Waals surface area contributed by atoms with E-state index in [0.717, 1.165) is 11.8 Å². The zero-order chi connectivity index (χ0) is 12.3. The van der Waals surface area contributed by atoms with Gasteiger partial charge in [-0.1, -0.05) is 12.2 Å². The number of rotatable bonds is 3. The molecule has 1 rings (SSSR count). The van der Waals surface area contributed by atoms with Crippen LogP contribution in [0.15, 0.2) is 11.1 Å². The molecule has 0 aliphatic carbocycles. The van der Waals surface area contributed by atoms with Crippen LogP contribution in [-0.4, -0.2) is 39.0 Å². The molecule has 88 valence electrons. The summed E-state index contributed by atoms with van der Waals surface area (Å²) in [6, 6.07) is 0. The van der Waals surface area contributed by atoms with Gasteiger partial charge in [0.2, 0.25) is 5.91 Å². The molecule has 16 heavy (non-hydrogen) atoms. The quantitative estimate of drug-likeness (QED) is 0.575. The Labute approximate surface area is 105 Å². The van der Waals surface area contributed by atoms with Gasteiger partial charge >= 0.3 is 0 Å². The lowest BCUT2D eigenvalue weighted by Crippen LogP contribution is -2.27. The van der Waals surface area contributed by atoms with Crippen LogP contribution in [0.1, 0.15) is 20.8 Å². The van der Waals surface area contributed by atoms with Crippen molar-refractivity contribution in [2.75, 3.05) is 13.1 Å². The monoisotopic (exact) mass is 258 g/mol. The highest BCUT2D eigenvalue weighted by atomic mass is 32.2. The fourth-order valence-electron chi connectivity index (χ4n) is 1.31. The first-order valence-corrected chi connectivity index (χ1v) is 6.26. The number of thioether (sulfide) groups is 1. The third-order valence-corrected chi connectivity index (χ3v) is 3.69. The van der Waals surface area contributed by atoms with E-state index in [1.807, 2.05) is 13.8 Å². The van der Waals surface area contributed by atoms with E-state index in [1.54, 1.807) is 11.1 Å². The SMILES string of the molecule is CCN(/C=C1/SC(=O)N(CC)C1=S)C(C)=O. The molecule has 0 spiro atoms. The number of carbonyl (C=O) groups excluding carboxylic acids is 2. The highest BCUT2D eigenvalue weighted by Gasteiger charge is 2.30. The van der Waals surface area contributed by atoms with Crippen molar-refractivity contribution in [3.63, 3.8) is 0 Å². The first kappa shape index (κ1) is 13.2. The van der Waals surface area contributed by atoms with Crippen molar-refractivity contribution in [1.82, 2.24) is 9.80 Å². The average molecular weight is 258 g/mol. The minimum atomic E-state index is -0.0710. The third kappa shape index (κ3) is 2.62. The van der Waals surface area contributed by atoms with Crippen molar-refractivity contribution in [3.8, 4) is 0 Å². The van der Waals surface area contributed by atoms with E-state index in [1.165, 1.54) is 11.8 Å². The Balaban J connectivity index is 2.90. The van der Waals surface area contributed by atoms with E-state index >= 15 is 0 Å². The molecule has 4 nitrogen and oxygen atoms in total. The molecule has 0 saturated carbocycles. The lowest BCUT2D eigenvalue weighted by molar-refractivity contribution is -0.126. The molecule has 0 atom stereocenters. The zero-order valence-corrected chi connectivity index (χ0v) is 11.2. The van der Waals surface area contributed by atoms with Gasteiger partial charge in [0.1, 0.15) is 4.99 Å². The van der Waals surface area contributed by atoms with E-state index < -0.39 is 0 Å². The lowest BCUT2D eigenvalue weighted by Gasteiger charge is -2.15. The first-order valence-electron chi connectivity index (χ1n) is 5.03. The first-order chi connectivity index (χ1) is 7.51. The van der Waals surface area contributed by atoms with Crippen molar-refractivity contribution in [3.05, 3.63) is 11.1 Å². The third-order valence-electron chi connectivity index (χ3n) is 2.21. The zero-order valence-electron chi connectivity index (χ0n) is 9.52. The highest BCUT2D eigenvalue weighted by Crippen LogP contribution is 2.31. The molecule has 1 saturated heterocycles. The van der Waals surface area contributed by atoms with Crippen LogP contribution in [0.5, 0.6) is 0 Å². The lowest BCUT2D eigenvalue weighted by atomic mass is 10.4. The molecule has 0 aromatic heterocycles. The molecule has 0 aromatic carbocycles. The van der Waals surface area contributed by atoms with Gasteiger partial charge in [-0.05, 0) is 25.6 Å². The van der Waals surface area contributed by atoms with Crippen LogP contribution in [0.3, 0.4) is 0 Å². The van der Waals surface area contributed by atoms with Gasteiger partial charge in [-0.25, -0.2) is 0 Å². The maximum absolute atomic E-state index is 11.5. The topological polar surface area (TPSA) is 40.6 Å². The van der Waals surface area contributed by atoms with Gasteiger partial charge in [0.15, 0.2) is 0 Å². The van der Waals surface area contributed by atoms with Crippen LogP contribution in [0.4, 0.5) is 4.79 Å². The van der Waals surface area contributed by atoms with Gasteiger partial charge in [0.05, 0.1) is 4.91 Å². The van der Waals surface area contributed by atoms with Gasteiger partial charge in [-0.3, -0.25) is 14.5 Å². The van der Waals surface area contributed by atoms with Gasteiger partial charge in [-0.2, -0.15) is 0 Å². The average Bonchev–Trinajstić information content (AvgIpc) is 2.49. The number of hydrogen-bond acceptors (Lipinski definition) is 4. The Hall–Kier alpha value is -0.880. The molecule has 1 aliphatic heterocycles. The summed E-state index contributed by atoms with van der Waals surface area (Å²) >= 11 is 6.25. The van der Waals surface area contributed by atoms with E-state index in [9.17, 15) is 9.59 Å². The molecule has 0 radical (unpaired) electrons. The van der Waals surface area contributed by atoms with Crippen LogP contribution >= 0.6 is 24.0 Å². The number of carbonyl (C=O) groups is 2. The number of hydrogen-bond donors (Lipinski definition) is 0. The van der Waals surface area contributed by atoms with Gasteiger partial charge in [-0.15, -0.1) is 0 Å². The summed E-state index contributed by atoms with van der Waals surface area (Å²) in [4.78, 5) is 27.0. The van der Waals surface area contributed by atoms with E-state index in [-0.39, 0.29) is 11.1 Å². The normalized spacial score (nSPS) is 18.4. The number of likely N-dealkylation sites (N-methyl/N-ethyl adjacent to an activating group) is 1. The Morgan fingerprint density at radius 1 is 1.56 bits per heavy atom. The minimum Gasteiger partial charge on any atom is -0.318 e. The Morgan fingerprint density at radius 2 is 2.19 bits per heavy atom. The molecule has 1 fully saturated rings. The molecular weight excluding hydrogens is 244 g/mol. The largest absolute Gasteiger partial charge is 0.318 e. The Kier molecular flexibility index (Phi) is 4.49. The van der Waals surface area contributed by atoms with Gasteiger partial charge in [0, 0.05) is 26.2 Å². The molecule has 1 aliphatic rings. The second-order valence-corrected chi connectivity index (χ2v) is 4.60. The fraction of sp³-hybridized carbons (Fsp3) is 0.500. The van der Waals surface area contributed by atoms with Crippen molar-refractivity contribution < 1.29 is 9.59 Å². The number of nitrogens with zero attached hydrogens (tertiary/aromatic N) is 2. The van der Waals surface area contributed by atoms with Crippen LogP contribution in [0.2, 0.25) is 0 Å². The summed E-state index contributed by atoms with van der Waals surface area (Å²) in [6.07, 6.45) is 1.66. The highest BCUT2D eigenvalue weighted by molar-refractivity contribution is 8.19. The number of amides is 2. The molecule has 2 amide bonds. The van der Waals surface area contributed by atoms with Gasteiger partial charge < -0.3 is 4.90 Å². The smallest absolute Gasteiger partial charge is 0.291 e. The molecule has 0 N–H and O–H groups in total. The summed E-state index contributed by atoms with van der Waals surface area (Å²) in [6.45, 7) is 6.37. The standard InChI is InChI=1S/C10H14N2O2S2/c1-4-11(7(3)13)6-8-9(15)12(5-2)10(14)16-8/h6H,4-5H2,1-3H3/b8-6+. The van der Waals surface area contributed by atoms with E-state index in [0.29, 0.717) is 23.0 Å². The molecule has 0 unspecified atom stereocenters. The summed E-state index contributed by atoms with van der Waals surface area (Å²) in [7, 11) is 0. The van der Waals surface area contributed by atoms with Crippen molar-refractivity contribution in [2.45, 2.75) is 20.8 Å². The summed E-state index contributed by atoms with van der Waals surface area (Å²) in [5.41, 5.74) is 0. The van der Waals surface area contributed by atoms with Gasteiger partial charge in [0.25, 0.3) is 5.24 Å². The second kappa shape index (κ2) is 5.45. The van der Waals surface area contributed by atoms with Crippen LogP contribution in [0.25, 0.3) is 0 Å². The minimum absolute atomic E-state index is 0.0548. The van der Waals surface area contributed by atoms with E-state index in [4.69, 9.17) is 12.2 Å². The predicted octanol–water partition coefficient (Wildman–Crippen LogP) is 2.21. The molecule has 0 aromatic rings. The van der Waals surface area contributed by atoms with Crippen LogP contribution in [-0.2, 0) is 4.79 Å². The second-order valence-electron chi connectivity index (χ2n) is 3.22. The molecule has 1 heterocycles. The fourth-order valence-corrected chi connectivity index (χ4v) is 2.65. The predicted molar refractivity (Wildman–Crippen MR) is 69.1 cm³/mol. The summed E-state index contributed by atoms with van der Waals surface area (Å²) in [5.74, 6) is -0.0548. The maximum atomic E-state index is 11.5. The maximum Gasteiger partial charge on any atom is 0.291 e. The van der Waals surface area contributed by atoms with Crippen LogP contribution < -0.4 is 0 Å². The Morgan fingerprint density at radius 3 is 2.56 bits per heavy atom. The molecule has 0 bridgehead atoms. The summed E-state index contributed by atoms with van der Waals surface area (Å²) in [5, 5.41) is -0.0710. The van der Waals surface area contributed by atoms with Crippen molar-refractivity contribution in [2.24, 2.45) is 0 Å². The molecular formula is C10H14N2O2S2.